The molecule has 0 saturated carbocycles. The lowest BCUT2D eigenvalue weighted by molar-refractivity contribution is 1.08. The van der Waals surface area contributed by atoms with Crippen LogP contribution in [0.4, 0.5) is 0 Å². The molecule has 0 saturated heterocycles. The number of benzene rings is 1. The van der Waals surface area contributed by atoms with E-state index < -0.39 is 0 Å². The summed E-state index contributed by atoms with van der Waals surface area (Å²) in [6, 6.07) is 6.01. The first-order valence-corrected chi connectivity index (χ1v) is 5.22. The quantitative estimate of drug-likeness (QED) is 0.669. The van der Waals surface area contributed by atoms with E-state index in [4.69, 9.17) is 11.6 Å². The Bertz CT molecular complexity index is 258. The van der Waals surface area contributed by atoms with E-state index in [9.17, 15) is 0 Å². The molecule has 1 unspecified atom stereocenters. The predicted octanol–water partition coefficient (Wildman–Crippen LogP) is 4.51. The summed E-state index contributed by atoms with van der Waals surface area (Å²) in [7, 11) is 0. The fourth-order valence-corrected chi connectivity index (χ4v) is 1.54. The highest BCUT2D eigenvalue weighted by atomic mass is 79.9. The van der Waals surface area contributed by atoms with Crippen LogP contribution in [0.15, 0.2) is 27.1 Å². The molecule has 1 aromatic rings. The zero-order valence-corrected chi connectivity index (χ0v) is 9.87. The van der Waals surface area contributed by atoms with Crippen molar-refractivity contribution in [2.24, 2.45) is 0 Å². The first-order chi connectivity index (χ1) is 5.11. The Balaban J connectivity index is 3.05. The zero-order chi connectivity index (χ0) is 8.43. The second-order valence-electron chi connectivity index (χ2n) is 2.29. The van der Waals surface area contributed by atoms with Gasteiger partial charge in [0.05, 0.1) is 5.38 Å². The van der Waals surface area contributed by atoms with Gasteiger partial charge in [-0.25, -0.2) is 0 Å². The number of hydrogen-bond donors (Lipinski definition) is 0. The van der Waals surface area contributed by atoms with E-state index in [1.54, 1.807) is 0 Å². The van der Waals surface area contributed by atoms with Gasteiger partial charge in [-0.2, -0.15) is 0 Å². The standard InChI is InChI=1S/C8H7Br2Cl/c1-5(11)6-2-3-7(9)8(10)4-6/h2-5H,1H3. The van der Waals surface area contributed by atoms with Gasteiger partial charge in [0.15, 0.2) is 0 Å². The molecule has 3 heteroatoms. The van der Waals surface area contributed by atoms with Crippen molar-refractivity contribution in [3.8, 4) is 0 Å². The number of hydrogen-bond acceptors (Lipinski definition) is 0. The van der Waals surface area contributed by atoms with Crippen LogP contribution in [0.3, 0.4) is 0 Å². The lowest BCUT2D eigenvalue weighted by Gasteiger charge is -2.04. The first kappa shape index (κ1) is 9.56. The third-order valence-electron chi connectivity index (χ3n) is 1.40. The summed E-state index contributed by atoms with van der Waals surface area (Å²) < 4.78 is 2.10. The summed E-state index contributed by atoms with van der Waals surface area (Å²) in [6.07, 6.45) is 0. The SMILES string of the molecule is CC(Cl)c1ccc(Br)c(Br)c1. The van der Waals surface area contributed by atoms with Crippen LogP contribution < -0.4 is 0 Å². The maximum atomic E-state index is 5.89. The van der Waals surface area contributed by atoms with Crippen molar-refractivity contribution in [2.75, 3.05) is 0 Å². The van der Waals surface area contributed by atoms with Gasteiger partial charge in [0.1, 0.15) is 0 Å². The Morgan fingerprint density at radius 1 is 1.27 bits per heavy atom. The molecule has 0 aromatic heterocycles. The smallest absolute Gasteiger partial charge is 0.0557 e. The highest BCUT2D eigenvalue weighted by molar-refractivity contribution is 9.13. The minimum atomic E-state index is 0.0689. The summed E-state index contributed by atoms with van der Waals surface area (Å²) in [4.78, 5) is 0. The van der Waals surface area contributed by atoms with Crippen LogP contribution >= 0.6 is 43.5 Å². The van der Waals surface area contributed by atoms with Crippen LogP contribution in [0.1, 0.15) is 17.9 Å². The lowest BCUT2D eigenvalue weighted by atomic mass is 10.2. The normalized spacial score (nSPS) is 13.1. The van der Waals surface area contributed by atoms with Gasteiger partial charge in [-0.15, -0.1) is 11.6 Å². The number of alkyl halides is 1. The summed E-state index contributed by atoms with van der Waals surface area (Å²) >= 11 is 12.7. The Hall–Kier alpha value is 0.470. The second-order valence-corrected chi connectivity index (χ2v) is 4.65. The van der Waals surface area contributed by atoms with Crippen LogP contribution in [0.5, 0.6) is 0 Å². The highest BCUT2D eigenvalue weighted by Gasteiger charge is 2.02. The molecule has 0 nitrogen and oxygen atoms in total. The maximum Gasteiger partial charge on any atom is 0.0557 e. The molecule has 1 atom stereocenters. The average molecular weight is 298 g/mol. The number of rotatable bonds is 1. The zero-order valence-electron chi connectivity index (χ0n) is 5.94. The summed E-state index contributed by atoms with van der Waals surface area (Å²) in [5, 5.41) is 0.0689. The minimum Gasteiger partial charge on any atom is -0.118 e. The Kier molecular flexibility index (Phi) is 3.41. The van der Waals surface area contributed by atoms with Crippen molar-refractivity contribution in [3.63, 3.8) is 0 Å². The Morgan fingerprint density at radius 2 is 1.91 bits per heavy atom. The maximum absolute atomic E-state index is 5.89. The Labute approximate surface area is 88.2 Å². The van der Waals surface area contributed by atoms with E-state index in [1.807, 2.05) is 25.1 Å². The van der Waals surface area contributed by atoms with Crippen LogP contribution in [0, 0.1) is 0 Å². The first-order valence-electron chi connectivity index (χ1n) is 3.20. The van der Waals surface area contributed by atoms with Crippen molar-refractivity contribution in [1.82, 2.24) is 0 Å². The van der Waals surface area contributed by atoms with Crippen LogP contribution in [-0.2, 0) is 0 Å². The van der Waals surface area contributed by atoms with E-state index in [0.29, 0.717) is 0 Å². The van der Waals surface area contributed by atoms with Crippen molar-refractivity contribution < 1.29 is 0 Å². The fourth-order valence-electron chi connectivity index (χ4n) is 0.760. The minimum absolute atomic E-state index is 0.0689. The lowest BCUT2D eigenvalue weighted by Crippen LogP contribution is -1.83. The molecule has 0 amide bonds. The van der Waals surface area contributed by atoms with Gasteiger partial charge < -0.3 is 0 Å². The Morgan fingerprint density at radius 3 is 2.36 bits per heavy atom. The molecular weight excluding hydrogens is 291 g/mol. The van der Waals surface area contributed by atoms with E-state index in [2.05, 4.69) is 31.9 Å². The molecule has 0 aliphatic rings. The predicted molar refractivity (Wildman–Crippen MR) is 56.1 cm³/mol. The molecule has 60 valence electrons. The van der Waals surface area contributed by atoms with Gasteiger partial charge in [-0.05, 0) is 56.5 Å². The molecule has 0 N–H and O–H groups in total. The van der Waals surface area contributed by atoms with Crippen molar-refractivity contribution in [3.05, 3.63) is 32.7 Å². The second kappa shape index (κ2) is 3.92. The van der Waals surface area contributed by atoms with E-state index in [0.717, 1.165) is 14.5 Å². The molecule has 1 aromatic carbocycles. The molecule has 1 rings (SSSR count). The fraction of sp³-hybridized carbons (Fsp3) is 0.250. The van der Waals surface area contributed by atoms with E-state index >= 15 is 0 Å². The molecule has 0 aliphatic heterocycles. The third kappa shape index (κ3) is 2.46. The van der Waals surface area contributed by atoms with Gasteiger partial charge >= 0.3 is 0 Å². The molecular formula is C8H7Br2Cl. The van der Waals surface area contributed by atoms with Crippen molar-refractivity contribution >= 4 is 43.5 Å². The molecule has 0 fully saturated rings. The number of halogens is 3. The average Bonchev–Trinajstić information content (AvgIpc) is 1.94. The highest BCUT2D eigenvalue weighted by Crippen LogP contribution is 2.28. The van der Waals surface area contributed by atoms with Crippen molar-refractivity contribution in [1.29, 1.82) is 0 Å². The molecule has 0 bridgehead atoms. The topological polar surface area (TPSA) is 0 Å². The molecule has 0 radical (unpaired) electrons. The van der Waals surface area contributed by atoms with Crippen LogP contribution in [-0.4, -0.2) is 0 Å². The monoisotopic (exact) mass is 296 g/mol. The van der Waals surface area contributed by atoms with Gasteiger partial charge in [-0.1, -0.05) is 6.07 Å². The molecule has 0 heterocycles. The largest absolute Gasteiger partial charge is 0.118 e. The van der Waals surface area contributed by atoms with Crippen molar-refractivity contribution in [2.45, 2.75) is 12.3 Å². The van der Waals surface area contributed by atoms with Gasteiger partial charge in [0.25, 0.3) is 0 Å². The van der Waals surface area contributed by atoms with E-state index in [-0.39, 0.29) is 5.38 Å². The molecule has 0 aliphatic carbocycles. The van der Waals surface area contributed by atoms with Crippen LogP contribution in [0.2, 0.25) is 0 Å². The third-order valence-corrected chi connectivity index (χ3v) is 3.53. The van der Waals surface area contributed by atoms with Gasteiger partial charge in [-0.3, -0.25) is 0 Å². The van der Waals surface area contributed by atoms with Gasteiger partial charge in [0, 0.05) is 8.95 Å². The summed E-state index contributed by atoms with van der Waals surface area (Å²) in [6.45, 7) is 1.96. The van der Waals surface area contributed by atoms with E-state index in [1.165, 1.54) is 0 Å². The van der Waals surface area contributed by atoms with Crippen LogP contribution in [0.25, 0.3) is 0 Å². The summed E-state index contributed by atoms with van der Waals surface area (Å²) in [5.41, 5.74) is 1.13. The molecule has 11 heavy (non-hydrogen) atoms. The molecule has 0 spiro atoms. The summed E-state index contributed by atoms with van der Waals surface area (Å²) in [5.74, 6) is 0. The van der Waals surface area contributed by atoms with Gasteiger partial charge in [0.2, 0.25) is 0 Å².